The molecule has 0 aliphatic carbocycles. The largest absolute Gasteiger partial charge is 0.477 e. The Labute approximate surface area is 143 Å². The monoisotopic (exact) mass is 326 g/mol. The van der Waals surface area contributed by atoms with E-state index in [-0.39, 0.29) is 11.6 Å². The molecule has 1 aromatic carbocycles. The molecule has 1 aliphatic heterocycles. The number of carbonyl (C=O) groups is 1. The lowest BCUT2D eigenvalue weighted by atomic mass is 9.85. The number of unbranched alkanes of at least 4 members (excludes halogenated alkanes) is 1. The number of aryl methyl sites for hydroxylation is 1. The Balaban J connectivity index is 1.95. The van der Waals surface area contributed by atoms with Crippen LogP contribution in [0.2, 0.25) is 0 Å². The number of benzene rings is 1. The lowest BCUT2D eigenvalue weighted by Gasteiger charge is -2.33. The highest BCUT2D eigenvalue weighted by molar-refractivity contribution is 5.97. The van der Waals surface area contributed by atoms with Crippen LogP contribution in [0.3, 0.4) is 0 Å². The number of fused-ring (bicyclic) bond motifs is 1. The summed E-state index contributed by atoms with van der Waals surface area (Å²) < 4.78 is 0. The number of carboxylic acids is 1. The third kappa shape index (κ3) is 3.29. The summed E-state index contributed by atoms with van der Waals surface area (Å²) in [6, 6.07) is 8.08. The maximum atomic E-state index is 11.8. The zero-order valence-electron chi connectivity index (χ0n) is 14.6. The fourth-order valence-corrected chi connectivity index (χ4v) is 3.85. The molecular formula is C20H26N2O2. The fourth-order valence-electron chi connectivity index (χ4n) is 3.85. The highest BCUT2D eigenvalue weighted by atomic mass is 16.4. The molecule has 0 spiro atoms. The van der Waals surface area contributed by atoms with Crippen molar-refractivity contribution in [2.75, 3.05) is 19.6 Å². The van der Waals surface area contributed by atoms with Gasteiger partial charge in [-0.2, -0.15) is 0 Å². The number of rotatable bonds is 5. The lowest BCUT2D eigenvalue weighted by molar-refractivity contribution is 0.0687. The molecule has 1 aromatic heterocycles. The lowest BCUT2D eigenvalue weighted by Crippen LogP contribution is -2.34. The third-order valence-electron chi connectivity index (χ3n) is 5.17. The Morgan fingerprint density at radius 2 is 1.92 bits per heavy atom. The Morgan fingerprint density at radius 3 is 2.54 bits per heavy atom. The van der Waals surface area contributed by atoms with E-state index >= 15 is 0 Å². The van der Waals surface area contributed by atoms with Crippen LogP contribution in [0.15, 0.2) is 24.3 Å². The first-order valence-electron chi connectivity index (χ1n) is 8.96. The highest BCUT2D eigenvalue weighted by Crippen LogP contribution is 2.36. The molecule has 3 rings (SSSR count). The van der Waals surface area contributed by atoms with Gasteiger partial charge in [-0.15, -0.1) is 0 Å². The van der Waals surface area contributed by atoms with Crippen LogP contribution in [0, 0.1) is 6.92 Å². The van der Waals surface area contributed by atoms with Crippen molar-refractivity contribution >= 4 is 16.7 Å². The number of pyridine rings is 1. The Bertz CT molecular complexity index is 734. The molecule has 4 heteroatoms. The van der Waals surface area contributed by atoms with Crippen molar-refractivity contribution in [3.05, 3.63) is 41.2 Å². The Hall–Kier alpha value is -1.94. The van der Waals surface area contributed by atoms with Crippen molar-refractivity contribution in [2.24, 2.45) is 0 Å². The summed E-state index contributed by atoms with van der Waals surface area (Å²) >= 11 is 0. The molecular weight excluding hydrogens is 300 g/mol. The van der Waals surface area contributed by atoms with Crippen LogP contribution in [-0.4, -0.2) is 40.6 Å². The standard InChI is InChI=1S/C20H26N2O2/c1-3-4-11-22-12-9-15(10-13-22)18-17-8-6-5-7-16(17)14(2)21-19(18)20(23)24/h5-8,15H,3-4,9-13H2,1-2H3,(H,23,24). The van der Waals surface area contributed by atoms with Gasteiger partial charge in [0.15, 0.2) is 5.69 Å². The predicted molar refractivity (Wildman–Crippen MR) is 96.8 cm³/mol. The Morgan fingerprint density at radius 1 is 1.25 bits per heavy atom. The highest BCUT2D eigenvalue weighted by Gasteiger charge is 2.27. The van der Waals surface area contributed by atoms with E-state index in [0.29, 0.717) is 0 Å². The number of piperidine rings is 1. The maximum Gasteiger partial charge on any atom is 0.354 e. The molecule has 2 aromatic rings. The predicted octanol–water partition coefficient (Wildman–Crippen LogP) is 4.22. The van der Waals surface area contributed by atoms with Gasteiger partial charge in [0.25, 0.3) is 0 Å². The summed E-state index contributed by atoms with van der Waals surface area (Å²) in [7, 11) is 0. The van der Waals surface area contributed by atoms with E-state index in [0.717, 1.165) is 54.5 Å². The van der Waals surface area contributed by atoms with Crippen molar-refractivity contribution in [1.29, 1.82) is 0 Å². The van der Waals surface area contributed by atoms with E-state index in [1.165, 1.54) is 12.8 Å². The van der Waals surface area contributed by atoms with Crippen LogP contribution in [-0.2, 0) is 0 Å². The van der Waals surface area contributed by atoms with Gasteiger partial charge < -0.3 is 10.0 Å². The number of nitrogens with zero attached hydrogens (tertiary/aromatic N) is 2. The molecule has 1 N–H and O–H groups in total. The van der Waals surface area contributed by atoms with Crippen molar-refractivity contribution < 1.29 is 9.90 Å². The van der Waals surface area contributed by atoms with Gasteiger partial charge in [0.05, 0.1) is 0 Å². The van der Waals surface area contributed by atoms with E-state index < -0.39 is 5.97 Å². The first-order valence-corrected chi connectivity index (χ1v) is 8.96. The second-order valence-electron chi connectivity index (χ2n) is 6.78. The average Bonchev–Trinajstić information content (AvgIpc) is 2.60. The molecule has 0 saturated carbocycles. The molecule has 0 radical (unpaired) electrons. The van der Waals surface area contributed by atoms with Gasteiger partial charge in [-0.3, -0.25) is 0 Å². The summed E-state index contributed by atoms with van der Waals surface area (Å²) in [5.74, 6) is -0.626. The number of hydrogen-bond donors (Lipinski definition) is 1. The molecule has 24 heavy (non-hydrogen) atoms. The van der Waals surface area contributed by atoms with E-state index in [1.54, 1.807) is 0 Å². The van der Waals surface area contributed by atoms with Crippen molar-refractivity contribution in [3.63, 3.8) is 0 Å². The topological polar surface area (TPSA) is 53.4 Å². The summed E-state index contributed by atoms with van der Waals surface area (Å²) in [5, 5.41) is 11.8. The number of carboxylic acid groups (broad SMARTS) is 1. The van der Waals surface area contributed by atoms with E-state index in [1.807, 2.05) is 25.1 Å². The van der Waals surface area contributed by atoms with Crippen molar-refractivity contribution in [1.82, 2.24) is 9.88 Å². The molecule has 1 aliphatic rings. The quantitative estimate of drug-likeness (QED) is 0.894. The Kier molecular flexibility index (Phi) is 5.14. The second-order valence-corrected chi connectivity index (χ2v) is 6.78. The zero-order valence-corrected chi connectivity index (χ0v) is 14.6. The van der Waals surface area contributed by atoms with E-state index in [2.05, 4.69) is 22.9 Å². The molecule has 0 unspecified atom stereocenters. The van der Waals surface area contributed by atoms with Gasteiger partial charge in [-0.25, -0.2) is 9.78 Å². The van der Waals surface area contributed by atoms with E-state index in [4.69, 9.17) is 0 Å². The molecule has 4 nitrogen and oxygen atoms in total. The maximum absolute atomic E-state index is 11.8. The third-order valence-corrected chi connectivity index (χ3v) is 5.17. The normalized spacial score (nSPS) is 16.6. The zero-order chi connectivity index (χ0) is 17.1. The van der Waals surface area contributed by atoms with Crippen LogP contribution < -0.4 is 0 Å². The van der Waals surface area contributed by atoms with Crippen LogP contribution in [0.4, 0.5) is 0 Å². The van der Waals surface area contributed by atoms with Crippen LogP contribution >= 0.6 is 0 Å². The van der Waals surface area contributed by atoms with Gasteiger partial charge >= 0.3 is 5.97 Å². The van der Waals surface area contributed by atoms with Crippen molar-refractivity contribution in [3.8, 4) is 0 Å². The molecule has 1 fully saturated rings. The molecule has 128 valence electrons. The van der Waals surface area contributed by atoms with Gasteiger partial charge in [0.1, 0.15) is 0 Å². The van der Waals surface area contributed by atoms with Crippen molar-refractivity contribution in [2.45, 2.75) is 45.4 Å². The summed E-state index contributed by atoms with van der Waals surface area (Å²) in [4.78, 5) is 18.7. The van der Waals surface area contributed by atoms with Gasteiger partial charge in [0, 0.05) is 11.1 Å². The minimum Gasteiger partial charge on any atom is -0.477 e. The number of aromatic nitrogens is 1. The molecule has 0 amide bonds. The van der Waals surface area contributed by atoms with Crippen LogP contribution in [0.1, 0.15) is 60.3 Å². The number of likely N-dealkylation sites (tertiary alicyclic amines) is 1. The molecule has 1 saturated heterocycles. The molecule has 2 heterocycles. The minimum absolute atomic E-state index is 0.248. The second kappa shape index (κ2) is 7.31. The number of hydrogen-bond acceptors (Lipinski definition) is 3. The molecule has 0 atom stereocenters. The van der Waals surface area contributed by atoms with Gasteiger partial charge in [-0.05, 0) is 62.7 Å². The number of aromatic carboxylic acids is 1. The van der Waals surface area contributed by atoms with Crippen LogP contribution in [0.5, 0.6) is 0 Å². The summed E-state index contributed by atoms with van der Waals surface area (Å²) in [6.45, 7) is 7.36. The first-order chi connectivity index (χ1) is 11.6. The summed E-state index contributed by atoms with van der Waals surface area (Å²) in [6.07, 6.45) is 4.48. The van der Waals surface area contributed by atoms with Gasteiger partial charge in [0.2, 0.25) is 0 Å². The van der Waals surface area contributed by atoms with Gasteiger partial charge in [-0.1, -0.05) is 37.6 Å². The SMILES string of the molecule is CCCCN1CCC(c2c(C(=O)O)nc(C)c3ccccc23)CC1. The van der Waals surface area contributed by atoms with E-state index in [9.17, 15) is 9.90 Å². The summed E-state index contributed by atoms with van der Waals surface area (Å²) in [5.41, 5.74) is 1.99. The average molecular weight is 326 g/mol. The first kappa shape index (κ1) is 16.9. The molecule has 0 bridgehead atoms. The smallest absolute Gasteiger partial charge is 0.354 e. The minimum atomic E-state index is -0.910. The van der Waals surface area contributed by atoms with Crippen LogP contribution in [0.25, 0.3) is 10.8 Å². The fraction of sp³-hybridized carbons (Fsp3) is 0.500.